The summed E-state index contributed by atoms with van der Waals surface area (Å²) in [6.07, 6.45) is 0. The van der Waals surface area contributed by atoms with Gasteiger partial charge in [-0.05, 0) is 35.7 Å². The summed E-state index contributed by atoms with van der Waals surface area (Å²) in [6.45, 7) is 5.64. The maximum absolute atomic E-state index is 12.1. The first-order valence-electron chi connectivity index (χ1n) is 7.86. The van der Waals surface area contributed by atoms with Crippen LogP contribution in [-0.2, 0) is 6.54 Å². The molecule has 7 nitrogen and oxygen atoms in total. The van der Waals surface area contributed by atoms with E-state index in [1.54, 1.807) is 12.1 Å². The standard InChI is InChI=1S/C17H20N4O3/c1-11(2)8-18-16-6-4-13(20-21-16)17(22)19-9-12-3-5-14-15(7-12)24-10-23-14/h3-7,11H,8-10H2,1-2H3,(H,18,21)(H,19,22). The van der Waals surface area contributed by atoms with Crippen molar-refractivity contribution in [1.29, 1.82) is 0 Å². The quantitative estimate of drug-likeness (QED) is 0.845. The highest BCUT2D eigenvalue weighted by molar-refractivity contribution is 5.92. The van der Waals surface area contributed by atoms with Crippen LogP contribution in [-0.4, -0.2) is 29.4 Å². The number of nitrogens with zero attached hydrogens (tertiary/aromatic N) is 2. The summed E-state index contributed by atoms with van der Waals surface area (Å²) in [6, 6.07) is 8.99. The van der Waals surface area contributed by atoms with E-state index in [0.29, 0.717) is 24.0 Å². The number of ether oxygens (including phenoxy) is 2. The molecular weight excluding hydrogens is 308 g/mol. The Hall–Kier alpha value is -2.83. The number of carbonyl (C=O) groups excluding carboxylic acids is 1. The van der Waals surface area contributed by atoms with E-state index < -0.39 is 0 Å². The zero-order valence-electron chi connectivity index (χ0n) is 13.7. The molecule has 0 radical (unpaired) electrons. The van der Waals surface area contributed by atoms with Crippen molar-refractivity contribution in [3.63, 3.8) is 0 Å². The van der Waals surface area contributed by atoms with Gasteiger partial charge in [-0.15, -0.1) is 10.2 Å². The van der Waals surface area contributed by atoms with Gasteiger partial charge in [-0.1, -0.05) is 19.9 Å². The number of fused-ring (bicyclic) bond motifs is 1. The van der Waals surface area contributed by atoms with Crippen LogP contribution < -0.4 is 20.1 Å². The predicted molar refractivity (Wildman–Crippen MR) is 89.1 cm³/mol. The molecule has 0 unspecified atom stereocenters. The van der Waals surface area contributed by atoms with Crippen LogP contribution in [0, 0.1) is 5.92 Å². The van der Waals surface area contributed by atoms with E-state index in [1.807, 2.05) is 18.2 Å². The molecule has 0 saturated carbocycles. The molecule has 2 aromatic rings. The predicted octanol–water partition coefficient (Wildman–Crippen LogP) is 2.20. The number of carbonyl (C=O) groups is 1. The summed E-state index contributed by atoms with van der Waals surface area (Å²) in [5, 5.41) is 14.0. The van der Waals surface area contributed by atoms with Crippen molar-refractivity contribution in [3.8, 4) is 11.5 Å². The maximum atomic E-state index is 12.1. The van der Waals surface area contributed by atoms with E-state index >= 15 is 0 Å². The zero-order valence-corrected chi connectivity index (χ0v) is 13.7. The number of anilines is 1. The molecule has 1 aliphatic rings. The highest BCUT2D eigenvalue weighted by Crippen LogP contribution is 2.32. The second kappa shape index (κ2) is 7.16. The number of amides is 1. The molecule has 1 amide bonds. The lowest BCUT2D eigenvalue weighted by Gasteiger charge is -2.08. The van der Waals surface area contributed by atoms with Crippen LogP contribution in [0.5, 0.6) is 11.5 Å². The first kappa shape index (κ1) is 16.0. The third kappa shape index (κ3) is 3.92. The van der Waals surface area contributed by atoms with Gasteiger partial charge in [0.25, 0.3) is 5.91 Å². The average Bonchev–Trinajstić information content (AvgIpc) is 3.06. The smallest absolute Gasteiger partial charge is 0.272 e. The van der Waals surface area contributed by atoms with Crippen LogP contribution >= 0.6 is 0 Å². The Morgan fingerprint density at radius 2 is 2.00 bits per heavy atom. The van der Waals surface area contributed by atoms with Crippen molar-refractivity contribution >= 4 is 11.7 Å². The molecule has 0 saturated heterocycles. The minimum Gasteiger partial charge on any atom is -0.454 e. The fraction of sp³-hybridized carbons (Fsp3) is 0.353. The number of nitrogens with one attached hydrogen (secondary N) is 2. The Balaban J connectivity index is 1.55. The van der Waals surface area contributed by atoms with E-state index in [0.717, 1.165) is 17.9 Å². The third-order valence-electron chi connectivity index (χ3n) is 3.48. The minimum atomic E-state index is -0.268. The first-order chi connectivity index (χ1) is 11.6. The number of hydrogen-bond acceptors (Lipinski definition) is 6. The lowest BCUT2D eigenvalue weighted by Crippen LogP contribution is -2.24. The van der Waals surface area contributed by atoms with E-state index in [1.165, 1.54) is 0 Å². The van der Waals surface area contributed by atoms with Gasteiger partial charge < -0.3 is 20.1 Å². The molecule has 24 heavy (non-hydrogen) atoms. The number of benzene rings is 1. The lowest BCUT2D eigenvalue weighted by atomic mass is 10.2. The Bertz CT molecular complexity index is 716. The van der Waals surface area contributed by atoms with E-state index in [2.05, 4.69) is 34.7 Å². The molecule has 1 aliphatic heterocycles. The van der Waals surface area contributed by atoms with Crippen molar-refractivity contribution in [3.05, 3.63) is 41.6 Å². The van der Waals surface area contributed by atoms with Gasteiger partial charge in [-0.25, -0.2) is 0 Å². The highest BCUT2D eigenvalue weighted by atomic mass is 16.7. The van der Waals surface area contributed by atoms with Crippen LogP contribution in [0.2, 0.25) is 0 Å². The van der Waals surface area contributed by atoms with Crippen LogP contribution in [0.15, 0.2) is 30.3 Å². The summed E-state index contributed by atoms with van der Waals surface area (Å²) >= 11 is 0. The number of aromatic nitrogens is 2. The van der Waals surface area contributed by atoms with Gasteiger partial charge >= 0.3 is 0 Å². The fourth-order valence-electron chi connectivity index (χ4n) is 2.18. The normalized spacial score (nSPS) is 12.3. The number of hydrogen-bond donors (Lipinski definition) is 2. The molecule has 7 heteroatoms. The largest absolute Gasteiger partial charge is 0.454 e. The third-order valence-corrected chi connectivity index (χ3v) is 3.48. The van der Waals surface area contributed by atoms with Gasteiger partial charge in [0.15, 0.2) is 17.2 Å². The second-order valence-corrected chi connectivity index (χ2v) is 5.95. The van der Waals surface area contributed by atoms with Gasteiger partial charge in [0, 0.05) is 13.1 Å². The summed E-state index contributed by atoms with van der Waals surface area (Å²) in [5.41, 5.74) is 1.21. The zero-order chi connectivity index (χ0) is 16.9. The average molecular weight is 328 g/mol. The van der Waals surface area contributed by atoms with Crippen molar-refractivity contribution in [2.75, 3.05) is 18.7 Å². The van der Waals surface area contributed by atoms with Gasteiger partial charge in [-0.3, -0.25) is 4.79 Å². The molecule has 0 atom stereocenters. The molecule has 126 valence electrons. The summed E-state index contributed by atoms with van der Waals surface area (Å²) in [5.74, 6) is 2.32. The molecule has 0 fully saturated rings. The monoisotopic (exact) mass is 328 g/mol. The van der Waals surface area contributed by atoms with Crippen molar-refractivity contribution in [2.24, 2.45) is 5.92 Å². The molecular formula is C17H20N4O3. The van der Waals surface area contributed by atoms with E-state index in [9.17, 15) is 4.79 Å². The highest BCUT2D eigenvalue weighted by Gasteiger charge is 2.14. The van der Waals surface area contributed by atoms with Gasteiger partial charge in [-0.2, -0.15) is 0 Å². The Morgan fingerprint density at radius 3 is 2.75 bits per heavy atom. The van der Waals surface area contributed by atoms with Crippen molar-refractivity contribution in [2.45, 2.75) is 20.4 Å². The molecule has 1 aromatic carbocycles. The fourth-order valence-corrected chi connectivity index (χ4v) is 2.18. The van der Waals surface area contributed by atoms with Crippen LogP contribution in [0.25, 0.3) is 0 Å². The molecule has 0 spiro atoms. The Labute approximate surface area is 140 Å². The SMILES string of the molecule is CC(C)CNc1ccc(C(=O)NCc2ccc3c(c2)OCO3)nn1. The first-order valence-corrected chi connectivity index (χ1v) is 7.86. The summed E-state index contributed by atoms with van der Waals surface area (Å²) < 4.78 is 10.6. The molecule has 0 aliphatic carbocycles. The topological polar surface area (TPSA) is 85.4 Å². The summed E-state index contributed by atoms with van der Waals surface area (Å²) in [4.78, 5) is 12.1. The Morgan fingerprint density at radius 1 is 1.17 bits per heavy atom. The van der Waals surface area contributed by atoms with Gasteiger partial charge in [0.1, 0.15) is 5.82 Å². The van der Waals surface area contributed by atoms with E-state index in [4.69, 9.17) is 9.47 Å². The van der Waals surface area contributed by atoms with Crippen molar-refractivity contribution in [1.82, 2.24) is 15.5 Å². The summed E-state index contributed by atoms with van der Waals surface area (Å²) in [7, 11) is 0. The van der Waals surface area contributed by atoms with Crippen LogP contribution in [0.4, 0.5) is 5.82 Å². The van der Waals surface area contributed by atoms with Crippen molar-refractivity contribution < 1.29 is 14.3 Å². The van der Waals surface area contributed by atoms with E-state index in [-0.39, 0.29) is 18.4 Å². The molecule has 3 rings (SSSR count). The van der Waals surface area contributed by atoms with Gasteiger partial charge in [0.2, 0.25) is 6.79 Å². The molecule has 2 heterocycles. The minimum absolute atomic E-state index is 0.234. The maximum Gasteiger partial charge on any atom is 0.272 e. The molecule has 1 aromatic heterocycles. The van der Waals surface area contributed by atoms with Gasteiger partial charge in [0.05, 0.1) is 0 Å². The molecule has 2 N–H and O–H groups in total. The number of rotatable bonds is 6. The molecule has 0 bridgehead atoms. The van der Waals surface area contributed by atoms with Crippen LogP contribution in [0.1, 0.15) is 29.9 Å². The van der Waals surface area contributed by atoms with Crippen LogP contribution in [0.3, 0.4) is 0 Å². The second-order valence-electron chi connectivity index (χ2n) is 5.95. The Kier molecular flexibility index (Phi) is 4.79. The lowest BCUT2D eigenvalue weighted by molar-refractivity contribution is 0.0945.